The quantitative estimate of drug-likeness (QED) is 0.819. The third-order valence-electron chi connectivity index (χ3n) is 2.93. The predicted molar refractivity (Wildman–Crippen MR) is 51.5 cm³/mol. The minimum Gasteiger partial charge on any atom is -0.481 e. The maximum absolute atomic E-state index is 10.8. The number of hydrogen-bond donors (Lipinski definition) is 1. The average molecular weight is 210 g/mol. The van der Waals surface area contributed by atoms with Crippen LogP contribution in [0.3, 0.4) is 0 Å². The van der Waals surface area contributed by atoms with Crippen molar-refractivity contribution in [3.63, 3.8) is 0 Å². The third kappa shape index (κ3) is 2.00. The highest BCUT2D eigenvalue weighted by Crippen LogP contribution is 2.38. The van der Waals surface area contributed by atoms with E-state index < -0.39 is 11.9 Å². The van der Waals surface area contributed by atoms with E-state index in [4.69, 9.17) is 9.63 Å². The van der Waals surface area contributed by atoms with Crippen LogP contribution in [0.4, 0.5) is 0 Å². The first-order valence-electron chi connectivity index (χ1n) is 5.16. The molecule has 82 valence electrons. The molecular weight excluding hydrogens is 196 g/mol. The van der Waals surface area contributed by atoms with Crippen LogP contribution >= 0.6 is 0 Å². The van der Waals surface area contributed by atoms with Crippen molar-refractivity contribution in [3.05, 3.63) is 11.7 Å². The van der Waals surface area contributed by atoms with Gasteiger partial charge in [-0.1, -0.05) is 19.0 Å². The normalized spacial score (nSPS) is 19.9. The maximum Gasteiger partial charge on any atom is 0.307 e. The predicted octanol–water partition coefficient (Wildman–Crippen LogP) is 1.77. The Morgan fingerprint density at radius 3 is 2.73 bits per heavy atom. The van der Waals surface area contributed by atoms with E-state index in [-0.39, 0.29) is 5.92 Å². The summed E-state index contributed by atoms with van der Waals surface area (Å²) in [6, 6.07) is 0. The highest BCUT2D eigenvalue weighted by atomic mass is 16.5. The topological polar surface area (TPSA) is 76.2 Å². The van der Waals surface area contributed by atoms with E-state index in [9.17, 15) is 4.79 Å². The van der Waals surface area contributed by atoms with Crippen LogP contribution < -0.4 is 0 Å². The molecule has 2 atom stereocenters. The number of aromatic nitrogens is 2. The zero-order valence-corrected chi connectivity index (χ0v) is 8.80. The van der Waals surface area contributed by atoms with E-state index in [0.717, 1.165) is 18.7 Å². The van der Waals surface area contributed by atoms with Crippen LogP contribution in [0, 0.1) is 5.92 Å². The molecular formula is C10H14N2O3. The van der Waals surface area contributed by atoms with E-state index in [1.165, 1.54) is 0 Å². The average Bonchev–Trinajstić information content (AvgIpc) is 2.94. The van der Waals surface area contributed by atoms with E-state index >= 15 is 0 Å². The fourth-order valence-corrected chi connectivity index (χ4v) is 1.37. The molecule has 5 heteroatoms. The largest absolute Gasteiger partial charge is 0.481 e. The maximum atomic E-state index is 10.8. The first-order valence-corrected chi connectivity index (χ1v) is 5.16. The van der Waals surface area contributed by atoms with Crippen molar-refractivity contribution in [1.82, 2.24) is 10.1 Å². The van der Waals surface area contributed by atoms with Crippen LogP contribution in [-0.2, 0) is 4.79 Å². The molecule has 1 aliphatic rings. The van der Waals surface area contributed by atoms with E-state index in [0.29, 0.717) is 11.8 Å². The monoisotopic (exact) mass is 210 g/mol. The Labute approximate surface area is 87.5 Å². The summed E-state index contributed by atoms with van der Waals surface area (Å²) in [5.74, 6) is 0.0322. The Bertz CT molecular complexity index is 370. The van der Waals surface area contributed by atoms with Crippen molar-refractivity contribution in [2.75, 3.05) is 0 Å². The fraction of sp³-hybridized carbons (Fsp3) is 0.700. The van der Waals surface area contributed by atoms with Gasteiger partial charge in [-0.2, -0.15) is 4.98 Å². The van der Waals surface area contributed by atoms with Crippen LogP contribution in [0.5, 0.6) is 0 Å². The van der Waals surface area contributed by atoms with Crippen LogP contribution in [-0.4, -0.2) is 21.2 Å². The molecule has 0 amide bonds. The number of nitrogens with zero attached hydrogens (tertiary/aromatic N) is 2. The zero-order chi connectivity index (χ0) is 11.0. The molecule has 1 aromatic heterocycles. The molecule has 2 unspecified atom stereocenters. The van der Waals surface area contributed by atoms with Crippen LogP contribution in [0.1, 0.15) is 50.2 Å². The lowest BCUT2D eigenvalue weighted by atomic mass is 9.96. The number of carbonyl (C=O) groups is 1. The molecule has 1 N–H and O–H groups in total. The van der Waals surface area contributed by atoms with Crippen LogP contribution in [0.2, 0.25) is 0 Å². The van der Waals surface area contributed by atoms with E-state index in [1.807, 2.05) is 0 Å². The van der Waals surface area contributed by atoms with E-state index in [2.05, 4.69) is 10.1 Å². The van der Waals surface area contributed by atoms with Crippen molar-refractivity contribution in [2.24, 2.45) is 5.92 Å². The second-order valence-electron chi connectivity index (χ2n) is 4.18. The highest BCUT2D eigenvalue weighted by Gasteiger charge is 2.31. The molecule has 0 radical (unpaired) electrons. The van der Waals surface area contributed by atoms with Gasteiger partial charge < -0.3 is 9.63 Å². The molecule has 15 heavy (non-hydrogen) atoms. The first kappa shape index (κ1) is 10.1. The lowest BCUT2D eigenvalue weighted by Gasteiger charge is -2.10. The summed E-state index contributed by atoms with van der Waals surface area (Å²) >= 11 is 0. The van der Waals surface area contributed by atoms with Crippen molar-refractivity contribution in [3.8, 4) is 0 Å². The lowest BCUT2D eigenvalue weighted by molar-refractivity contribution is -0.141. The van der Waals surface area contributed by atoms with Gasteiger partial charge in [0, 0.05) is 11.8 Å². The van der Waals surface area contributed by atoms with Crippen LogP contribution in [0.25, 0.3) is 0 Å². The van der Waals surface area contributed by atoms with Gasteiger partial charge in [0.25, 0.3) is 0 Å². The Hall–Kier alpha value is -1.39. The minimum atomic E-state index is -0.839. The van der Waals surface area contributed by atoms with Crippen molar-refractivity contribution >= 4 is 5.97 Å². The number of rotatable bonds is 4. The first-order chi connectivity index (χ1) is 7.09. The van der Waals surface area contributed by atoms with Crippen molar-refractivity contribution in [2.45, 2.75) is 38.5 Å². The summed E-state index contributed by atoms with van der Waals surface area (Å²) in [6.07, 6.45) is 2.23. The lowest BCUT2D eigenvalue weighted by Crippen LogP contribution is -2.16. The molecule has 0 aliphatic heterocycles. The highest BCUT2D eigenvalue weighted by molar-refractivity contribution is 5.70. The number of hydrogen-bond acceptors (Lipinski definition) is 4. The molecule has 0 spiro atoms. The Morgan fingerprint density at radius 2 is 2.20 bits per heavy atom. The molecule has 0 aromatic carbocycles. The van der Waals surface area contributed by atoms with Gasteiger partial charge in [0.1, 0.15) is 0 Å². The SMILES string of the molecule is CC(C(=O)O)C(C)c1nc(C2CC2)no1. The molecule has 1 saturated carbocycles. The Balaban J connectivity index is 2.10. The van der Waals surface area contributed by atoms with Gasteiger partial charge in [-0.25, -0.2) is 0 Å². The van der Waals surface area contributed by atoms with E-state index in [1.54, 1.807) is 13.8 Å². The van der Waals surface area contributed by atoms with Crippen molar-refractivity contribution < 1.29 is 14.4 Å². The summed E-state index contributed by atoms with van der Waals surface area (Å²) in [4.78, 5) is 15.0. The minimum absolute atomic E-state index is 0.234. The number of aliphatic carboxylic acids is 1. The molecule has 5 nitrogen and oxygen atoms in total. The molecule has 1 fully saturated rings. The van der Waals surface area contributed by atoms with Gasteiger partial charge in [-0.05, 0) is 12.8 Å². The number of carboxylic acid groups (broad SMARTS) is 1. The molecule has 0 saturated heterocycles. The summed E-state index contributed by atoms with van der Waals surface area (Å²) in [6.45, 7) is 3.44. The standard InChI is InChI=1S/C10H14N2O3/c1-5(6(2)10(13)14)9-11-8(12-15-9)7-3-4-7/h5-7H,3-4H2,1-2H3,(H,13,14). The Kier molecular flexibility index (Phi) is 2.46. The Morgan fingerprint density at radius 1 is 1.53 bits per heavy atom. The second kappa shape index (κ2) is 3.64. The smallest absolute Gasteiger partial charge is 0.307 e. The second-order valence-corrected chi connectivity index (χ2v) is 4.18. The van der Waals surface area contributed by atoms with Gasteiger partial charge >= 0.3 is 5.97 Å². The van der Waals surface area contributed by atoms with Gasteiger partial charge in [-0.15, -0.1) is 0 Å². The molecule has 1 aliphatic carbocycles. The van der Waals surface area contributed by atoms with Crippen molar-refractivity contribution in [1.29, 1.82) is 0 Å². The van der Waals surface area contributed by atoms with Crippen LogP contribution in [0.15, 0.2) is 4.52 Å². The summed E-state index contributed by atoms with van der Waals surface area (Å²) in [7, 11) is 0. The molecule has 1 aromatic rings. The summed E-state index contributed by atoms with van der Waals surface area (Å²) < 4.78 is 5.07. The fourth-order valence-electron chi connectivity index (χ4n) is 1.37. The molecule has 0 bridgehead atoms. The van der Waals surface area contributed by atoms with Gasteiger partial charge in [0.15, 0.2) is 5.82 Å². The van der Waals surface area contributed by atoms with Gasteiger partial charge in [0.2, 0.25) is 5.89 Å². The summed E-state index contributed by atoms with van der Waals surface area (Å²) in [5, 5.41) is 12.7. The van der Waals surface area contributed by atoms with Gasteiger partial charge in [0.05, 0.1) is 5.92 Å². The van der Waals surface area contributed by atoms with Gasteiger partial charge in [-0.3, -0.25) is 4.79 Å². The zero-order valence-electron chi connectivity index (χ0n) is 8.80. The number of carboxylic acids is 1. The molecule has 2 rings (SSSR count). The summed E-state index contributed by atoms with van der Waals surface area (Å²) in [5.41, 5.74) is 0. The molecule has 1 heterocycles. The third-order valence-corrected chi connectivity index (χ3v) is 2.93.